The van der Waals surface area contributed by atoms with Crippen molar-refractivity contribution in [2.45, 2.75) is 12.8 Å². The van der Waals surface area contributed by atoms with Crippen LogP contribution in [-0.4, -0.2) is 65.7 Å². The van der Waals surface area contributed by atoms with Crippen LogP contribution in [0.3, 0.4) is 0 Å². The minimum Gasteiger partial charge on any atom is -0.354 e. The van der Waals surface area contributed by atoms with Crippen molar-refractivity contribution >= 4 is 22.8 Å². The summed E-state index contributed by atoms with van der Waals surface area (Å²) in [6.45, 7) is 7.76. The maximum atomic E-state index is 4.80. The van der Waals surface area contributed by atoms with Crippen LogP contribution in [0.5, 0.6) is 0 Å². The molecular weight excluding hydrogens is 348 g/mol. The van der Waals surface area contributed by atoms with Gasteiger partial charge in [-0.1, -0.05) is 18.2 Å². The van der Waals surface area contributed by atoms with E-state index in [1.165, 1.54) is 19.4 Å². The summed E-state index contributed by atoms with van der Waals surface area (Å²) >= 11 is 0. The van der Waals surface area contributed by atoms with Gasteiger partial charge < -0.3 is 14.8 Å². The van der Waals surface area contributed by atoms with Crippen LogP contribution in [0, 0.1) is 5.92 Å². The van der Waals surface area contributed by atoms with Crippen LogP contribution in [0.2, 0.25) is 0 Å². The molecular formula is C22H28N6. The summed E-state index contributed by atoms with van der Waals surface area (Å²) in [4.78, 5) is 20.3. The molecule has 0 spiro atoms. The highest BCUT2D eigenvalue weighted by molar-refractivity contribution is 5.77. The van der Waals surface area contributed by atoms with Gasteiger partial charge in [-0.05, 0) is 43.0 Å². The third-order valence-corrected chi connectivity index (χ3v) is 6.06. The van der Waals surface area contributed by atoms with E-state index in [1.807, 2.05) is 12.3 Å². The number of nitrogens with one attached hydrogen (secondary N) is 1. The molecule has 2 saturated heterocycles. The predicted molar refractivity (Wildman–Crippen MR) is 114 cm³/mol. The standard InChI is InChI=1S/C22H28N6/c1-2-8-20-19(7-1)24-22(25-20)28-11-5-6-18(17-28)16-26-12-14-27(15-13-26)21-9-3-4-10-23-21/h1-4,7-10,18H,5-6,11-17H2,(H,24,25). The van der Waals surface area contributed by atoms with Gasteiger partial charge in [0, 0.05) is 52.0 Å². The van der Waals surface area contributed by atoms with Crippen molar-refractivity contribution in [1.29, 1.82) is 0 Å². The number of rotatable bonds is 4. The zero-order valence-corrected chi connectivity index (χ0v) is 16.3. The van der Waals surface area contributed by atoms with Crippen molar-refractivity contribution in [3.63, 3.8) is 0 Å². The molecule has 146 valence electrons. The van der Waals surface area contributed by atoms with E-state index in [0.29, 0.717) is 5.92 Å². The number of para-hydroxylation sites is 2. The Morgan fingerprint density at radius 1 is 0.929 bits per heavy atom. The van der Waals surface area contributed by atoms with Gasteiger partial charge in [0.15, 0.2) is 0 Å². The summed E-state index contributed by atoms with van der Waals surface area (Å²) in [6, 6.07) is 14.5. The van der Waals surface area contributed by atoms with Crippen LogP contribution in [0.25, 0.3) is 11.0 Å². The van der Waals surface area contributed by atoms with E-state index in [-0.39, 0.29) is 0 Å². The highest BCUT2D eigenvalue weighted by Gasteiger charge is 2.26. The average Bonchev–Trinajstić information content (AvgIpc) is 3.20. The number of nitrogens with zero attached hydrogens (tertiary/aromatic N) is 5. The fourth-order valence-electron chi connectivity index (χ4n) is 4.56. The Morgan fingerprint density at radius 3 is 2.61 bits per heavy atom. The molecule has 1 unspecified atom stereocenters. The van der Waals surface area contributed by atoms with E-state index in [4.69, 9.17) is 4.98 Å². The molecule has 2 fully saturated rings. The van der Waals surface area contributed by atoms with E-state index in [1.54, 1.807) is 0 Å². The van der Waals surface area contributed by atoms with Gasteiger partial charge in [-0.25, -0.2) is 9.97 Å². The first-order chi connectivity index (χ1) is 13.8. The first-order valence-electron chi connectivity index (χ1n) is 10.4. The third kappa shape index (κ3) is 3.69. The van der Waals surface area contributed by atoms with Crippen molar-refractivity contribution in [1.82, 2.24) is 19.9 Å². The molecule has 4 heterocycles. The lowest BCUT2D eigenvalue weighted by molar-refractivity contribution is 0.205. The zero-order chi connectivity index (χ0) is 18.8. The van der Waals surface area contributed by atoms with E-state index in [0.717, 1.165) is 62.1 Å². The molecule has 6 nitrogen and oxygen atoms in total. The molecule has 0 amide bonds. The number of pyridine rings is 1. The van der Waals surface area contributed by atoms with Gasteiger partial charge in [0.2, 0.25) is 5.95 Å². The van der Waals surface area contributed by atoms with Gasteiger partial charge in [-0.15, -0.1) is 0 Å². The second kappa shape index (κ2) is 7.80. The smallest absolute Gasteiger partial charge is 0.203 e. The van der Waals surface area contributed by atoms with E-state index in [9.17, 15) is 0 Å². The number of anilines is 2. The molecule has 2 aromatic heterocycles. The van der Waals surface area contributed by atoms with Crippen LogP contribution in [0.15, 0.2) is 48.7 Å². The Labute approximate surface area is 166 Å². The molecule has 0 bridgehead atoms. The molecule has 0 aliphatic carbocycles. The third-order valence-electron chi connectivity index (χ3n) is 6.06. The molecule has 3 aromatic rings. The van der Waals surface area contributed by atoms with E-state index >= 15 is 0 Å². The Morgan fingerprint density at radius 2 is 1.79 bits per heavy atom. The maximum absolute atomic E-state index is 4.80. The second-order valence-corrected chi connectivity index (χ2v) is 8.01. The number of piperidine rings is 1. The summed E-state index contributed by atoms with van der Waals surface area (Å²) in [5, 5.41) is 0. The Balaban J connectivity index is 1.17. The molecule has 5 rings (SSSR count). The summed E-state index contributed by atoms with van der Waals surface area (Å²) in [5.74, 6) is 2.85. The normalized spacial score (nSPS) is 21.4. The molecule has 1 N–H and O–H groups in total. The Hall–Kier alpha value is -2.60. The van der Waals surface area contributed by atoms with Crippen LogP contribution in [0.4, 0.5) is 11.8 Å². The van der Waals surface area contributed by atoms with Crippen molar-refractivity contribution in [2.75, 3.05) is 55.6 Å². The topological polar surface area (TPSA) is 51.3 Å². The number of aromatic amines is 1. The number of fused-ring (bicyclic) bond motifs is 1. The molecule has 0 radical (unpaired) electrons. The molecule has 0 saturated carbocycles. The number of aromatic nitrogens is 3. The Kier molecular flexibility index (Phi) is 4.87. The first kappa shape index (κ1) is 17.5. The summed E-state index contributed by atoms with van der Waals surface area (Å²) < 4.78 is 0. The van der Waals surface area contributed by atoms with Gasteiger partial charge in [0.25, 0.3) is 0 Å². The average molecular weight is 377 g/mol. The lowest BCUT2D eigenvalue weighted by atomic mass is 9.97. The number of hydrogen-bond acceptors (Lipinski definition) is 5. The van der Waals surface area contributed by atoms with Gasteiger partial charge >= 0.3 is 0 Å². The lowest BCUT2D eigenvalue weighted by Crippen LogP contribution is -2.50. The molecule has 1 atom stereocenters. The van der Waals surface area contributed by atoms with Gasteiger partial charge in [0.1, 0.15) is 5.82 Å². The number of H-pyrrole nitrogens is 1. The largest absolute Gasteiger partial charge is 0.354 e. The van der Waals surface area contributed by atoms with Crippen LogP contribution in [0.1, 0.15) is 12.8 Å². The molecule has 1 aromatic carbocycles. The highest BCUT2D eigenvalue weighted by Crippen LogP contribution is 2.24. The van der Waals surface area contributed by atoms with Gasteiger partial charge in [0.05, 0.1) is 11.0 Å². The molecule has 6 heteroatoms. The first-order valence-corrected chi connectivity index (χ1v) is 10.4. The predicted octanol–water partition coefficient (Wildman–Crippen LogP) is 3.00. The van der Waals surface area contributed by atoms with Crippen molar-refractivity contribution in [3.05, 3.63) is 48.7 Å². The number of imidazole rings is 1. The minimum atomic E-state index is 0.711. The van der Waals surface area contributed by atoms with Crippen molar-refractivity contribution in [2.24, 2.45) is 5.92 Å². The van der Waals surface area contributed by atoms with Crippen molar-refractivity contribution in [3.8, 4) is 0 Å². The van der Waals surface area contributed by atoms with Crippen molar-refractivity contribution < 1.29 is 0 Å². The van der Waals surface area contributed by atoms with Crippen LogP contribution in [-0.2, 0) is 0 Å². The van der Waals surface area contributed by atoms with E-state index in [2.05, 4.69) is 61.1 Å². The summed E-state index contributed by atoms with van der Waals surface area (Å²) in [7, 11) is 0. The second-order valence-electron chi connectivity index (χ2n) is 8.01. The zero-order valence-electron chi connectivity index (χ0n) is 16.3. The molecule has 2 aliphatic rings. The molecule has 2 aliphatic heterocycles. The Bertz CT molecular complexity index is 867. The maximum Gasteiger partial charge on any atom is 0.203 e. The van der Waals surface area contributed by atoms with Gasteiger partial charge in [-0.3, -0.25) is 4.90 Å². The quantitative estimate of drug-likeness (QED) is 0.759. The minimum absolute atomic E-state index is 0.711. The lowest BCUT2D eigenvalue weighted by Gasteiger charge is -2.39. The number of hydrogen-bond donors (Lipinski definition) is 1. The number of benzene rings is 1. The van der Waals surface area contributed by atoms with E-state index < -0.39 is 0 Å². The fraction of sp³-hybridized carbons (Fsp3) is 0.455. The van der Waals surface area contributed by atoms with Gasteiger partial charge in [-0.2, -0.15) is 0 Å². The number of piperazine rings is 1. The molecule has 28 heavy (non-hydrogen) atoms. The monoisotopic (exact) mass is 376 g/mol. The summed E-state index contributed by atoms with van der Waals surface area (Å²) in [6.07, 6.45) is 4.45. The van der Waals surface area contributed by atoms with Crippen LogP contribution >= 0.6 is 0 Å². The SMILES string of the molecule is c1ccc(N2CCN(CC3CCCN(c4nc5ccccc5[nH]4)C3)CC2)nc1. The fourth-order valence-corrected chi connectivity index (χ4v) is 4.56. The summed E-state index contributed by atoms with van der Waals surface area (Å²) in [5.41, 5.74) is 2.19. The highest BCUT2D eigenvalue weighted by atomic mass is 15.3. The van der Waals surface area contributed by atoms with Crippen LogP contribution < -0.4 is 9.80 Å².